The summed E-state index contributed by atoms with van der Waals surface area (Å²) in [5.41, 5.74) is 2.01. The van der Waals surface area contributed by atoms with Crippen molar-refractivity contribution in [2.45, 2.75) is 26.2 Å². The number of hydrogen-bond donors (Lipinski definition) is 2. The molecule has 0 saturated heterocycles. The standard InChI is InChI=1S/C20H21NO4/c1-2-18(22)15-8-10-17(11-9-15)21-19(23)13-16(20(24)25)12-14-6-4-3-5-7-14/h3-11,16H,2,12-13H2,1H3,(H,21,23)(H,24,25). The second-order valence-electron chi connectivity index (χ2n) is 5.83. The van der Waals surface area contributed by atoms with Crippen LogP contribution in [-0.4, -0.2) is 22.8 Å². The van der Waals surface area contributed by atoms with Gasteiger partial charge in [0.25, 0.3) is 0 Å². The first-order chi connectivity index (χ1) is 12.0. The van der Waals surface area contributed by atoms with Crippen molar-refractivity contribution >= 4 is 23.3 Å². The van der Waals surface area contributed by atoms with Crippen LogP contribution >= 0.6 is 0 Å². The third kappa shape index (κ3) is 5.57. The van der Waals surface area contributed by atoms with E-state index in [-0.39, 0.29) is 18.1 Å². The van der Waals surface area contributed by atoms with Crippen LogP contribution in [0.5, 0.6) is 0 Å². The Morgan fingerprint density at radius 3 is 2.20 bits per heavy atom. The lowest BCUT2D eigenvalue weighted by atomic mass is 9.96. The van der Waals surface area contributed by atoms with Gasteiger partial charge in [0, 0.05) is 24.1 Å². The summed E-state index contributed by atoms with van der Waals surface area (Å²) in [5.74, 6) is -2.11. The summed E-state index contributed by atoms with van der Waals surface area (Å²) in [6.45, 7) is 1.79. The molecule has 0 aliphatic heterocycles. The van der Waals surface area contributed by atoms with Gasteiger partial charge in [-0.1, -0.05) is 37.3 Å². The van der Waals surface area contributed by atoms with Crippen LogP contribution in [0.3, 0.4) is 0 Å². The predicted molar refractivity (Wildman–Crippen MR) is 95.6 cm³/mol. The van der Waals surface area contributed by atoms with E-state index in [2.05, 4.69) is 5.32 Å². The lowest BCUT2D eigenvalue weighted by Gasteiger charge is -2.13. The van der Waals surface area contributed by atoms with Gasteiger partial charge >= 0.3 is 5.97 Å². The number of carbonyl (C=O) groups is 3. The Morgan fingerprint density at radius 2 is 1.64 bits per heavy atom. The summed E-state index contributed by atoms with van der Waals surface area (Å²) in [6, 6.07) is 15.8. The van der Waals surface area contributed by atoms with Gasteiger partial charge in [-0.2, -0.15) is 0 Å². The van der Waals surface area contributed by atoms with Crippen LogP contribution in [0.15, 0.2) is 54.6 Å². The predicted octanol–water partition coefficient (Wildman–Crippen LogP) is 3.55. The summed E-state index contributed by atoms with van der Waals surface area (Å²) >= 11 is 0. The van der Waals surface area contributed by atoms with Gasteiger partial charge in [-0.05, 0) is 36.2 Å². The normalized spacial score (nSPS) is 11.6. The molecule has 0 radical (unpaired) electrons. The largest absolute Gasteiger partial charge is 0.481 e. The van der Waals surface area contributed by atoms with Crippen LogP contribution < -0.4 is 5.32 Å². The Kier molecular flexibility index (Phi) is 6.46. The molecule has 1 unspecified atom stereocenters. The van der Waals surface area contributed by atoms with Crippen molar-refractivity contribution in [1.82, 2.24) is 0 Å². The smallest absolute Gasteiger partial charge is 0.307 e. The molecule has 0 heterocycles. The van der Waals surface area contributed by atoms with Gasteiger partial charge in [-0.15, -0.1) is 0 Å². The maximum atomic E-state index is 12.2. The van der Waals surface area contributed by atoms with Crippen LogP contribution in [0.25, 0.3) is 0 Å². The fourth-order valence-corrected chi connectivity index (χ4v) is 2.52. The van der Waals surface area contributed by atoms with Crippen molar-refractivity contribution in [2.24, 2.45) is 5.92 Å². The molecule has 5 nitrogen and oxygen atoms in total. The molecular weight excluding hydrogens is 318 g/mol. The number of benzene rings is 2. The Morgan fingerprint density at radius 1 is 1.00 bits per heavy atom. The molecule has 0 aliphatic rings. The fourth-order valence-electron chi connectivity index (χ4n) is 2.52. The zero-order valence-electron chi connectivity index (χ0n) is 14.1. The van der Waals surface area contributed by atoms with Gasteiger partial charge in [-0.3, -0.25) is 14.4 Å². The highest BCUT2D eigenvalue weighted by atomic mass is 16.4. The summed E-state index contributed by atoms with van der Waals surface area (Å²) in [4.78, 5) is 35.2. The van der Waals surface area contributed by atoms with Gasteiger partial charge in [0.15, 0.2) is 5.78 Å². The average Bonchev–Trinajstić information content (AvgIpc) is 2.62. The monoisotopic (exact) mass is 339 g/mol. The maximum Gasteiger partial charge on any atom is 0.307 e. The lowest BCUT2D eigenvalue weighted by Crippen LogP contribution is -2.24. The number of aliphatic carboxylic acids is 1. The third-order valence-corrected chi connectivity index (χ3v) is 3.92. The number of nitrogens with one attached hydrogen (secondary N) is 1. The van der Waals surface area contributed by atoms with Crippen LogP contribution in [0.1, 0.15) is 35.7 Å². The van der Waals surface area contributed by atoms with Crippen molar-refractivity contribution in [3.8, 4) is 0 Å². The van der Waals surface area contributed by atoms with Crippen molar-refractivity contribution in [2.75, 3.05) is 5.32 Å². The van der Waals surface area contributed by atoms with Crippen LogP contribution in [0.4, 0.5) is 5.69 Å². The van der Waals surface area contributed by atoms with E-state index < -0.39 is 11.9 Å². The number of amides is 1. The first-order valence-corrected chi connectivity index (χ1v) is 8.19. The van der Waals surface area contributed by atoms with Crippen molar-refractivity contribution < 1.29 is 19.5 Å². The Balaban J connectivity index is 1.97. The summed E-state index contributed by atoms with van der Waals surface area (Å²) in [6.07, 6.45) is 0.610. The summed E-state index contributed by atoms with van der Waals surface area (Å²) in [7, 11) is 0. The molecule has 0 spiro atoms. The zero-order valence-corrected chi connectivity index (χ0v) is 14.1. The van der Waals surface area contributed by atoms with E-state index in [1.54, 1.807) is 31.2 Å². The number of Topliss-reactive ketones (excluding diaryl/α,β-unsaturated/α-hetero) is 1. The van der Waals surface area contributed by atoms with E-state index in [0.29, 0.717) is 24.1 Å². The number of carbonyl (C=O) groups excluding carboxylic acids is 2. The SMILES string of the molecule is CCC(=O)c1ccc(NC(=O)CC(Cc2ccccc2)C(=O)O)cc1. The maximum absolute atomic E-state index is 12.2. The zero-order chi connectivity index (χ0) is 18.2. The minimum absolute atomic E-state index is 0.0340. The summed E-state index contributed by atoms with van der Waals surface area (Å²) in [5, 5.41) is 12.0. The molecule has 0 saturated carbocycles. The molecule has 0 bridgehead atoms. The average molecular weight is 339 g/mol. The highest BCUT2D eigenvalue weighted by Gasteiger charge is 2.21. The number of hydrogen-bond acceptors (Lipinski definition) is 3. The van der Waals surface area contributed by atoms with Gasteiger partial charge < -0.3 is 10.4 Å². The van der Waals surface area contributed by atoms with Gasteiger partial charge in [0.05, 0.1) is 5.92 Å². The van der Waals surface area contributed by atoms with Gasteiger partial charge in [-0.25, -0.2) is 0 Å². The van der Waals surface area contributed by atoms with E-state index in [1.807, 2.05) is 30.3 Å². The fraction of sp³-hybridized carbons (Fsp3) is 0.250. The number of ketones is 1. The molecule has 2 rings (SSSR count). The minimum atomic E-state index is -0.997. The lowest BCUT2D eigenvalue weighted by molar-refractivity contribution is -0.143. The quantitative estimate of drug-likeness (QED) is 0.720. The molecular formula is C20H21NO4. The molecule has 2 aromatic carbocycles. The number of carboxylic acid groups (broad SMARTS) is 1. The van der Waals surface area contributed by atoms with Crippen LogP contribution in [0, 0.1) is 5.92 Å². The third-order valence-electron chi connectivity index (χ3n) is 3.92. The highest BCUT2D eigenvalue weighted by Crippen LogP contribution is 2.16. The van der Waals surface area contributed by atoms with E-state index in [1.165, 1.54) is 0 Å². The van der Waals surface area contributed by atoms with Crippen LogP contribution in [-0.2, 0) is 16.0 Å². The molecule has 1 amide bonds. The Labute approximate surface area is 146 Å². The summed E-state index contributed by atoms with van der Waals surface area (Å²) < 4.78 is 0. The van der Waals surface area contributed by atoms with E-state index >= 15 is 0 Å². The molecule has 2 aromatic rings. The van der Waals surface area contributed by atoms with E-state index in [9.17, 15) is 19.5 Å². The van der Waals surface area contributed by atoms with Gasteiger partial charge in [0.1, 0.15) is 0 Å². The second kappa shape index (κ2) is 8.78. The molecule has 0 aliphatic carbocycles. The van der Waals surface area contributed by atoms with E-state index in [4.69, 9.17) is 0 Å². The molecule has 0 fully saturated rings. The molecule has 25 heavy (non-hydrogen) atoms. The molecule has 1 atom stereocenters. The van der Waals surface area contributed by atoms with Gasteiger partial charge in [0.2, 0.25) is 5.91 Å². The first-order valence-electron chi connectivity index (χ1n) is 8.19. The van der Waals surface area contributed by atoms with Crippen LogP contribution in [0.2, 0.25) is 0 Å². The molecule has 0 aromatic heterocycles. The molecule has 130 valence electrons. The van der Waals surface area contributed by atoms with E-state index in [0.717, 1.165) is 5.56 Å². The Bertz CT molecular complexity index is 738. The molecule has 5 heteroatoms. The number of rotatable bonds is 8. The Hall–Kier alpha value is -2.95. The second-order valence-corrected chi connectivity index (χ2v) is 5.83. The van der Waals surface area contributed by atoms with Crippen molar-refractivity contribution in [3.05, 3.63) is 65.7 Å². The van der Waals surface area contributed by atoms with Crippen molar-refractivity contribution in [3.63, 3.8) is 0 Å². The number of carboxylic acids is 1. The minimum Gasteiger partial charge on any atom is -0.481 e. The van der Waals surface area contributed by atoms with Crippen molar-refractivity contribution in [1.29, 1.82) is 0 Å². The molecule has 2 N–H and O–H groups in total. The highest BCUT2D eigenvalue weighted by molar-refractivity contribution is 5.97. The number of anilines is 1. The topological polar surface area (TPSA) is 83.5 Å². The first kappa shape index (κ1) is 18.4.